The van der Waals surface area contributed by atoms with Gasteiger partial charge in [-0.25, -0.2) is 0 Å². The third-order valence-corrected chi connectivity index (χ3v) is 8.21. The fourth-order valence-electron chi connectivity index (χ4n) is 4.72. The molecule has 0 aromatic heterocycles. The van der Waals surface area contributed by atoms with E-state index in [0.717, 1.165) is 42.6 Å². The van der Waals surface area contributed by atoms with Gasteiger partial charge in [-0.1, -0.05) is 32.1 Å². The first-order valence-electron chi connectivity index (χ1n) is 12.4. The molecule has 2 atom stereocenters. The minimum atomic E-state index is -0.372. The predicted octanol–water partition coefficient (Wildman–Crippen LogP) is 6.65. The van der Waals surface area contributed by atoms with E-state index in [-0.39, 0.29) is 18.5 Å². The first-order valence-corrected chi connectivity index (χ1v) is 13.5. The maximum atomic E-state index is 6.68. The molecule has 0 spiro atoms. The first-order chi connectivity index (χ1) is 15.6. The number of rotatable bonds is 8. The van der Waals surface area contributed by atoms with Gasteiger partial charge >= 0.3 is 0 Å². The summed E-state index contributed by atoms with van der Waals surface area (Å²) in [6.45, 7) is 6.50. The lowest BCUT2D eigenvalue weighted by Crippen LogP contribution is -2.28. The molecule has 182 valence electrons. The van der Waals surface area contributed by atoms with Crippen molar-refractivity contribution in [1.82, 2.24) is 0 Å². The first kappa shape index (κ1) is 26.2. The van der Waals surface area contributed by atoms with Gasteiger partial charge in [0, 0.05) is 16.2 Å². The minimum absolute atomic E-state index is 0.255. The molecule has 0 N–H and O–H groups in total. The smallest absolute Gasteiger partial charge is 0.188 e. The number of hydrogen-bond donors (Lipinski definition) is 0. The van der Waals surface area contributed by atoms with Crippen molar-refractivity contribution in [3.63, 3.8) is 0 Å². The van der Waals surface area contributed by atoms with E-state index in [2.05, 4.69) is 42.5 Å². The van der Waals surface area contributed by atoms with Crippen molar-refractivity contribution < 1.29 is 23.7 Å². The quantitative estimate of drug-likeness (QED) is 0.263. The number of methoxy groups -OCH3 is 1. The van der Waals surface area contributed by atoms with Gasteiger partial charge in [0.2, 0.25) is 0 Å². The van der Waals surface area contributed by atoms with E-state index in [1.165, 1.54) is 47.7 Å². The molecule has 2 aliphatic heterocycles. The number of halogens is 1. The normalized spacial score (nSPS) is 25.1. The van der Waals surface area contributed by atoms with Crippen LogP contribution in [0.1, 0.15) is 87.2 Å². The van der Waals surface area contributed by atoms with E-state index in [0.29, 0.717) is 26.4 Å². The summed E-state index contributed by atoms with van der Waals surface area (Å²) in [6, 6.07) is 2.21. The Morgan fingerprint density at radius 3 is 2.09 bits per heavy atom. The molecule has 1 aromatic rings. The molecule has 1 aromatic carbocycles. The van der Waals surface area contributed by atoms with Gasteiger partial charge in [0.25, 0.3) is 0 Å². The molecule has 4 rings (SSSR count). The zero-order chi connectivity index (χ0) is 22.8. The summed E-state index contributed by atoms with van der Waals surface area (Å²) in [5.41, 5.74) is 3.43. The third kappa shape index (κ3) is 7.83. The van der Waals surface area contributed by atoms with Crippen LogP contribution in [0.4, 0.5) is 0 Å². The van der Waals surface area contributed by atoms with Crippen molar-refractivity contribution in [1.29, 1.82) is 0 Å². The summed E-state index contributed by atoms with van der Waals surface area (Å²) < 4.78 is 31.5. The van der Waals surface area contributed by atoms with E-state index in [1.54, 1.807) is 7.11 Å². The van der Waals surface area contributed by atoms with Crippen molar-refractivity contribution in [2.45, 2.75) is 96.6 Å². The summed E-state index contributed by atoms with van der Waals surface area (Å²) in [5, 5.41) is 0. The van der Waals surface area contributed by atoms with Crippen LogP contribution in [0.15, 0.2) is 6.07 Å². The number of ether oxygens (including phenoxy) is 5. The summed E-state index contributed by atoms with van der Waals surface area (Å²) in [4.78, 5) is 0. The van der Waals surface area contributed by atoms with Crippen molar-refractivity contribution >= 4 is 22.6 Å². The van der Waals surface area contributed by atoms with Crippen LogP contribution in [-0.4, -0.2) is 45.7 Å². The summed E-state index contributed by atoms with van der Waals surface area (Å²) in [6.07, 6.45) is 12.3. The second kappa shape index (κ2) is 14.1. The average molecular weight is 561 g/mol. The van der Waals surface area contributed by atoms with Crippen LogP contribution < -0.4 is 4.74 Å². The van der Waals surface area contributed by atoms with Crippen LogP contribution in [0.2, 0.25) is 0 Å². The van der Waals surface area contributed by atoms with Crippen LogP contribution in [0.25, 0.3) is 0 Å². The van der Waals surface area contributed by atoms with E-state index in [1.807, 2.05) is 0 Å². The van der Waals surface area contributed by atoms with Crippen molar-refractivity contribution in [3.05, 3.63) is 26.3 Å². The number of aryl methyl sites for hydroxylation is 1. The van der Waals surface area contributed by atoms with E-state index < -0.39 is 0 Å². The van der Waals surface area contributed by atoms with Gasteiger partial charge in [-0.15, -0.1) is 0 Å². The standard InChI is InChI=1S/C26H41IO5/c1-19-18-23(25(20(2)24(19)27)30-17-16-29-15-14-28-3)26-31-21-10-7-5-4-6-8-11-22(32-26)13-9-12-21/h18,21-22,26H,4-17H2,1-3H3. The second-order valence-corrected chi connectivity index (χ2v) is 10.2. The number of fused-ring (bicyclic) bond motifs is 10. The van der Waals surface area contributed by atoms with Gasteiger partial charge < -0.3 is 23.7 Å². The molecule has 0 amide bonds. The summed E-state index contributed by atoms with van der Waals surface area (Å²) in [5.74, 6) is 0.894. The highest BCUT2D eigenvalue weighted by Gasteiger charge is 2.30. The van der Waals surface area contributed by atoms with Gasteiger partial charge in [0.1, 0.15) is 12.4 Å². The fraction of sp³-hybridized carbons (Fsp3) is 0.769. The van der Waals surface area contributed by atoms with Gasteiger partial charge in [-0.05, 0) is 80.2 Å². The highest BCUT2D eigenvalue weighted by atomic mass is 127. The molecule has 2 saturated heterocycles. The van der Waals surface area contributed by atoms with E-state index in [9.17, 15) is 0 Å². The monoisotopic (exact) mass is 560 g/mol. The Bertz CT molecular complexity index is 673. The molecule has 3 aliphatic rings. The molecule has 3 fully saturated rings. The van der Waals surface area contributed by atoms with Gasteiger partial charge in [-0.3, -0.25) is 0 Å². The Morgan fingerprint density at radius 1 is 0.844 bits per heavy atom. The molecule has 0 radical (unpaired) electrons. The van der Waals surface area contributed by atoms with Crippen LogP contribution in [0.5, 0.6) is 5.75 Å². The maximum absolute atomic E-state index is 6.68. The molecule has 1 saturated carbocycles. The van der Waals surface area contributed by atoms with Crippen molar-refractivity contribution in [2.75, 3.05) is 33.5 Å². The SMILES string of the molecule is COCCOCCOc1c(C2OC3CCCCCCCC(CCC3)O2)cc(C)c(I)c1C. The van der Waals surface area contributed by atoms with Crippen molar-refractivity contribution in [3.8, 4) is 5.75 Å². The fourth-order valence-corrected chi connectivity index (χ4v) is 5.13. The number of hydrogen-bond acceptors (Lipinski definition) is 5. The molecular weight excluding hydrogens is 519 g/mol. The topological polar surface area (TPSA) is 46.2 Å². The molecule has 1 aliphatic carbocycles. The van der Waals surface area contributed by atoms with Crippen molar-refractivity contribution in [2.24, 2.45) is 0 Å². The minimum Gasteiger partial charge on any atom is -0.490 e. The van der Waals surface area contributed by atoms with Crippen LogP contribution in [-0.2, 0) is 18.9 Å². The van der Waals surface area contributed by atoms with Gasteiger partial charge in [0.05, 0.1) is 37.6 Å². The molecule has 5 nitrogen and oxygen atoms in total. The summed E-state index contributed by atoms with van der Waals surface area (Å²) in [7, 11) is 1.68. The third-order valence-electron chi connectivity index (χ3n) is 6.55. The molecule has 32 heavy (non-hydrogen) atoms. The Hall–Kier alpha value is -0.410. The van der Waals surface area contributed by atoms with Crippen LogP contribution >= 0.6 is 22.6 Å². The maximum Gasteiger partial charge on any atom is 0.188 e. The molecule has 2 bridgehead atoms. The zero-order valence-corrected chi connectivity index (χ0v) is 22.3. The molecule has 2 unspecified atom stereocenters. The lowest BCUT2D eigenvalue weighted by atomic mass is 9.96. The van der Waals surface area contributed by atoms with Crippen LogP contribution in [0, 0.1) is 17.4 Å². The van der Waals surface area contributed by atoms with Gasteiger partial charge in [-0.2, -0.15) is 0 Å². The molecule has 6 heteroatoms. The highest BCUT2D eigenvalue weighted by molar-refractivity contribution is 14.1. The predicted molar refractivity (Wildman–Crippen MR) is 135 cm³/mol. The Kier molecular flexibility index (Phi) is 11.5. The lowest BCUT2D eigenvalue weighted by molar-refractivity contribution is -0.215. The molecule has 2 heterocycles. The highest BCUT2D eigenvalue weighted by Crippen LogP contribution is 2.40. The Labute approximate surface area is 208 Å². The van der Waals surface area contributed by atoms with Crippen LogP contribution in [0.3, 0.4) is 0 Å². The zero-order valence-electron chi connectivity index (χ0n) is 20.1. The lowest BCUT2D eigenvalue weighted by Gasteiger charge is -2.34. The van der Waals surface area contributed by atoms with E-state index >= 15 is 0 Å². The Morgan fingerprint density at radius 2 is 1.44 bits per heavy atom. The largest absolute Gasteiger partial charge is 0.490 e. The van der Waals surface area contributed by atoms with Gasteiger partial charge in [0.15, 0.2) is 6.29 Å². The Balaban J connectivity index is 1.82. The number of benzene rings is 1. The average Bonchev–Trinajstić information content (AvgIpc) is 2.75. The molecular formula is C26H41IO5. The summed E-state index contributed by atoms with van der Waals surface area (Å²) >= 11 is 2.41. The van der Waals surface area contributed by atoms with E-state index in [4.69, 9.17) is 23.7 Å². The second-order valence-electron chi connectivity index (χ2n) is 9.13.